The van der Waals surface area contributed by atoms with E-state index in [0.717, 1.165) is 0 Å². The summed E-state index contributed by atoms with van der Waals surface area (Å²) in [5.74, 6) is 0. The van der Waals surface area contributed by atoms with Crippen molar-refractivity contribution in [3.8, 4) is 0 Å². The molecule has 5 heavy (non-hydrogen) atoms. The first kappa shape index (κ1) is 27.3. The van der Waals surface area contributed by atoms with Gasteiger partial charge in [0.2, 0.25) is 0 Å². The first-order chi connectivity index (χ1) is 1.00. The molecule has 2 nitrogen and oxygen atoms in total. The molecule has 3 radical (unpaired) electrons. The van der Waals surface area contributed by atoms with Gasteiger partial charge in [-0.25, -0.2) is 0 Å². The second kappa shape index (κ2) is 35.4. The Labute approximate surface area is 76.8 Å². The zero-order valence-corrected chi connectivity index (χ0v) is 6.25. The fraction of sp³-hybridized carbons (Fsp3) is 0. The molecule has 0 aromatic heterocycles. The average molecular weight is 358 g/mol. The predicted octanol–water partition coefficient (Wildman–Crippen LogP) is 0.00990. The fourth-order valence-corrected chi connectivity index (χ4v) is 0. The molecule has 0 saturated heterocycles. The Balaban J connectivity index is -0.00000000167. The maximum atomic E-state index is 6.00. The van der Waals surface area contributed by atoms with E-state index in [1.165, 1.54) is 0 Å². The summed E-state index contributed by atoms with van der Waals surface area (Å²) in [6, 6.07) is 0. The predicted molar refractivity (Wildman–Crippen MR) is 5.26 cm³/mol. The van der Waals surface area contributed by atoms with Crippen LogP contribution in [0.5, 0.6) is 0 Å². The Bertz CT molecular complexity index is 4.85. The van der Waals surface area contributed by atoms with Gasteiger partial charge in [-0.1, -0.05) is 0 Å². The molecule has 0 aromatic carbocycles. The van der Waals surface area contributed by atoms with Crippen molar-refractivity contribution in [2.75, 3.05) is 0 Å². The van der Waals surface area contributed by atoms with Gasteiger partial charge in [-0.15, -0.1) is 0 Å². The molecule has 5 heteroatoms. The van der Waals surface area contributed by atoms with Crippen LogP contribution in [0, 0.1) is 0 Å². The zero-order chi connectivity index (χ0) is 2.00. The summed E-state index contributed by atoms with van der Waals surface area (Å²) >= 11 is 0. The van der Waals surface area contributed by atoms with Crippen LogP contribution in [0.1, 0.15) is 0 Å². The van der Waals surface area contributed by atoms with Crippen molar-refractivity contribution in [2.45, 2.75) is 0 Å². The third-order valence-electron chi connectivity index (χ3n) is 0. The normalized spacial score (nSPS) is 1.20. The summed E-state index contributed by atoms with van der Waals surface area (Å²) in [5.41, 5.74) is 0. The largest absolute Gasteiger partial charge is 0.255 e. The maximum absolute atomic E-state index is 6.00. The topological polar surface area (TPSA) is 40.5 Å². The van der Waals surface area contributed by atoms with Gasteiger partial charge in [0.25, 0.3) is 0 Å². The van der Waals surface area contributed by atoms with Crippen LogP contribution >= 0.6 is 0 Å². The average Bonchev–Trinajstić information content (AvgIpc) is 1.00. The van der Waals surface area contributed by atoms with Crippen molar-refractivity contribution in [3.63, 3.8) is 0 Å². The monoisotopic (exact) mass is 355 g/mol. The zero-order valence-electron chi connectivity index (χ0n) is 1.80. The molecule has 0 amide bonds. The van der Waals surface area contributed by atoms with E-state index in [4.69, 9.17) is 10.5 Å². The van der Waals surface area contributed by atoms with Crippen molar-refractivity contribution in [3.05, 3.63) is 0 Å². The van der Waals surface area contributed by atoms with E-state index in [1.54, 1.807) is 0 Å². The van der Waals surface area contributed by atoms with Crippen molar-refractivity contribution < 1.29 is 77.7 Å². The van der Waals surface area contributed by atoms with E-state index in [-0.39, 0.29) is 67.1 Å². The van der Waals surface area contributed by atoms with Gasteiger partial charge in [-0.3, -0.25) is 10.5 Å². The standard InChI is InChI=1S/3Ag.H2O2/c;;;1-2/h;;;1-2H. The smallest absolute Gasteiger partial charge is 0 e. The van der Waals surface area contributed by atoms with E-state index >= 15 is 0 Å². The fourth-order valence-electron chi connectivity index (χ4n) is 0. The quantitative estimate of drug-likeness (QED) is 0.364. The molecule has 0 rings (SSSR count). The molecular weight excluding hydrogens is 356 g/mol. The SMILES string of the molecule is OO.[Ag].[Ag].[Ag]. The molecule has 0 heterocycles. The van der Waals surface area contributed by atoms with Crippen molar-refractivity contribution in [1.82, 2.24) is 0 Å². The Morgan fingerprint density at radius 2 is 0.600 bits per heavy atom. The number of hydrogen-bond donors (Lipinski definition) is 2. The van der Waals surface area contributed by atoms with Crippen molar-refractivity contribution in [1.29, 1.82) is 0 Å². The van der Waals surface area contributed by atoms with E-state index < -0.39 is 0 Å². The van der Waals surface area contributed by atoms with Gasteiger partial charge in [-0.05, 0) is 0 Å². The van der Waals surface area contributed by atoms with Crippen LogP contribution in [0.2, 0.25) is 0 Å². The van der Waals surface area contributed by atoms with E-state index in [2.05, 4.69) is 0 Å². The summed E-state index contributed by atoms with van der Waals surface area (Å²) in [4.78, 5) is 0. The summed E-state index contributed by atoms with van der Waals surface area (Å²) in [6.45, 7) is 0. The Morgan fingerprint density at radius 1 is 0.600 bits per heavy atom. The molecule has 0 fully saturated rings. The first-order valence-electron chi connectivity index (χ1n) is 0.200. The van der Waals surface area contributed by atoms with E-state index in [1.807, 2.05) is 0 Å². The molecule has 2 N–H and O–H groups in total. The molecule has 0 unspecified atom stereocenters. The minimum atomic E-state index is 0. The Morgan fingerprint density at radius 3 is 0.600 bits per heavy atom. The van der Waals surface area contributed by atoms with Crippen LogP contribution < -0.4 is 0 Å². The molecule has 0 aliphatic carbocycles. The summed E-state index contributed by atoms with van der Waals surface area (Å²) in [5, 5.41) is 12.0. The summed E-state index contributed by atoms with van der Waals surface area (Å²) < 4.78 is 0. The molecule has 0 atom stereocenters. The van der Waals surface area contributed by atoms with Crippen LogP contribution in [0.15, 0.2) is 0 Å². The van der Waals surface area contributed by atoms with Crippen molar-refractivity contribution >= 4 is 0 Å². The van der Waals surface area contributed by atoms with Crippen molar-refractivity contribution in [2.24, 2.45) is 0 Å². The van der Waals surface area contributed by atoms with Crippen LogP contribution in [0.4, 0.5) is 0 Å². The number of hydrogen-bond acceptors (Lipinski definition) is 2. The van der Waals surface area contributed by atoms with Gasteiger partial charge in [0.05, 0.1) is 0 Å². The Kier molecular flexibility index (Phi) is 193. The van der Waals surface area contributed by atoms with Crippen LogP contribution in [0.3, 0.4) is 0 Å². The van der Waals surface area contributed by atoms with Gasteiger partial charge in [0.15, 0.2) is 0 Å². The second-order valence-corrected chi connectivity index (χ2v) is 0. The molecular formula is H2Ag3O2. The molecule has 0 spiro atoms. The molecule has 0 aliphatic heterocycles. The van der Waals surface area contributed by atoms with E-state index in [0.29, 0.717) is 0 Å². The van der Waals surface area contributed by atoms with Gasteiger partial charge < -0.3 is 0 Å². The van der Waals surface area contributed by atoms with Crippen LogP contribution in [-0.4, -0.2) is 10.5 Å². The molecule has 0 aliphatic rings. The third-order valence-corrected chi connectivity index (χ3v) is 0. The second-order valence-electron chi connectivity index (χ2n) is 0. The van der Waals surface area contributed by atoms with E-state index in [9.17, 15) is 0 Å². The summed E-state index contributed by atoms with van der Waals surface area (Å²) in [6.07, 6.45) is 0. The minimum absolute atomic E-state index is 0. The van der Waals surface area contributed by atoms with Gasteiger partial charge in [0, 0.05) is 67.1 Å². The van der Waals surface area contributed by atoms with Crippen LogP contribution in [-0.2, 0) is 67.1 Å². The Hall–Kier alpha value is 2.14. The molecule has 0 saturated carbocycles. The molecule has 0 bridgehead atoms. The number of rotatable bonds is 0. The van der Waals surface area contributed by atoms with Crippen LogP contribution in [0.25, 0.3) is 0 Å². The van der Waals surface area contributed by atoms with Gasteiger partial charge in [0.1, 0.15) is 0 Å². The van der Waals surface area contributed by atoms with Gasteiger partial charge in [-0.2, -0.15) is 0 Å². The maximum Gasteiger partial charge on any atom is 0 e. The molecule has 0 aromatic rings. The minimum Gasteiger partial charge on any atom is -0.255 e. The van der Waals surface area contributed by atoms with Gasteiger partial charge >= 0.3 is 0 Å². The third kappa shape index (κ3) is 23.0. The molecule has 47 valence electrons. The first-order valence-corrected chi connectivity index (χ1v) is 0.200. The summed E-state index contributed by atoms with van der Waals surface area (Å²) in [7, 11) is 0.